The van der Waals surface area contributed by atoms with Gasteiger partial charge in [-0.05, 0) is 78.9 Å². The molecule has 0 radical (unpaired) electrons. The molecular formula is C62H36N6O2. The number of furan rings is 2. The molecule has 8 nitrogen and oxygen atoms in total. The number of para-hydroxylation sites is 4. The second-order valence-corrected chi connectivity index (χ2v) is 17.7. The maximum atomic E-state index is 6.75. The van der Waals surface area contributed by atoms with Crippen LogP contribution in [0.2, 0.25) is 0 Å². The Bertz CT molecular complexity index is 4540. The Hall–Kier alpha value is -9.66. The summed E-state index contributed by atoms with van der Waals surface area (Å²) in [6, 6.07) is 73.4. The maximum Gasteiger partial charge on any atom is 0.164 e. The number of pyridine rings is 1. The van der Waals surface area contributed by atoms with Gasteiger partial charge in [-0.25, -0.2) is 15.0 Å². The average molecular weight is 897 g/mol. The smallest absolute Gasteiger partial charge is 0.164 e. The number of aromatic nitrogens is 6. The molecule has 0 aliphatic carbocycles. The molecular weight excluding hydrogens is 861 g/mol. The van der Waals surface area contributed by atoms with Crippen LogP contribution in [-0.2, 0) is 0 Å². The Kier molecular flexibility index (Phi) is 8.20. The van der Waals surface area contributed by atoms with Crippen LogP contribution in [0.3, 0.4) is 0 Å². The summed E-state index contributed by atoms with van der Waals surface area (Å²) in [5.74, 6) is 1.73. The highest BCUT2D eigenvalue weighted by molar-refractivity contribution is 6.25. The van der Waals surface area contributed by atoms with Crippen LogP contribution in [0.25, 0.3) is 144 Å². The van der Waals surface area contributed by atoms with E-state index in [2.05, 4.69) is 130 Å². The predicted molar refractivity (Wildman–Crippen MR) is 283 cm³/mol. The highest BCUT2D eigenvalue weighted by Gasteiger charge is 2.26. The molecule has 0 N–H and O–H groups in total. The average Bonchev–Trinajstić information content (AvgIpc) is 4.19. The zero-order valence-corrected chi connectivity index (χ0v) is 37.3. The molecule has 0 unspecified atom stereocenters. The van der Waals surface area contributed by atoms with Gasteiger partial charge in [0.2, 0.25) is 0 Å². The van der Waals surface area contributed by atoms with Gasteiger partial charge in [-0.3, -0.25) is 4.98 Å². The van der Waals surface area contributed by atoms with Crippen LogP contribution in [0.1, 0.15) is 0 Å². The summed E-state index contributed by atoms with van der Waals surface area (Å²) < 4.78 is 18.2. The van der Waals surface area contributed by atoms with Crippen molar-refractivity contribution >= 4 is 87.5 Å². The van der Waals surface area contributed by atoms with Crippen molar-refractivity contribution in [2.45, 2.75) is 0 Å². The number of fused-ring (bicyclic) bond motifs is 14. The molecule has 0 saturated carbocycles. The number of hydrogen-bond donors (Lipinski definition) is 0. The van der Waals surface area contributed by atoms with Crippen molar-refractivity contribution in [3.05, 3.63) is 219 Å². The molecule has 0 fully saturated rings. The molecule has 6 heterocycles. The van der Waals surface area contributed by atoms with Crippen LogP contribution in [-0.4, -0.2) is 29.1 Å². The van der Waals surface area contributed by atoms with Gasteiger partial charge in [-0.1, -0.05) is 133 Å². The number of hydrogen-bond acceptors (Lipinski definition) is 6. The molecule has 6 aromatic heterocycles. The molecule has 8 heteroatoms. The summed E-state index contributed by atoms with van der Waals surface area (Å²) >= 11 is 0. The van der Waals surface area contributed by atoms with Gasteiger partial charge in [0.05, 0.1) is 49.9 Å². The number of nitrogens with zero attached hydrogens (tertiary/aromatic N) is 6. The fourth-order valence-electron chi connectivity index (χ4n) is 10.8. The number of benzene rings is 9. The highest BCUT2D eigenvalue weighted by atomic mass is 16.3. The monoisotopic (exact) mass is 896 g/mol. The molecule has 9 aromatic carbocycles. The first kappa shape index (κ1) is 38.4. The fourth-order valence-corrected chi connectivity index (χ4v) is 10.8. The second-order valence-electron chi connectivity index (χ2n) is 17.7. The van der Waals surface area contributed by atoms with Crippen molar-refractivity contribution in [2.24, 2.45) is 0 Å². The topological polar surface area (TPSA) is 87.7 Å². The van der Waals surface area contributed by atoms with Gasteiger partial charge in [0.25, 0.3) is 0 Å². The third kappa shape index (κ3) is 5.64. The van der Waals surface area contributed by atoms with E-state index in [0.717, 1.165) is 127 Å². The molecule has 0 atom stereocenters. The molecule has 326 valence electrons. The van der Waals surface area contributed by atoms with Gasteiger partial charge in [-0.2, -0.15) is 0 Å². The van der Waals surface area contributed by atoms with E-state index in [1.165, 1.54) is 0 Å². The van der Waals surface area contributed by atoms with E-state index in [4.69, 9.17) is 28.8 Å². The van der Waals surface area contributed by atoms with Crippen molar-refractivity contribution in [3.8, 4) is 56.8 Å². The van der Waals surface area contributed by atoms with Gasteiger partial charge in [-0.15, -0.1) is 0 Å². The lowest BCUT2D eigenvalue weighted by atomic mass is 10.0. The van der Waals surface area contributed by atoms with E-state index in [0.29, 0.717) is 17.5 Å². The minimum atomic E-state index is 0.549. The largest absolute Gasteiger partial charge is 0.455 e. The molecule has 0 amide bonds. The minimum absolute atomic E-state index is 0.549. The lowest BCUT2D eigenvalue weighted by Gasteiger charge is -2.19. The molecule has 0 aliphatic rings. The first-order valence-electron chi connectivity index (χ1n) is 23.4. The van der Waals surface area contributed by atoms with Crippen molar-refractivity contribution in [2.75, 3.05) is 0 Å². The third-order valence-corrected chi connectivity index (χ3v) is 13.8. The summed E-state index contributed by atoms with van der Waals surface area (Å²) in [5.41, 5.74) is 13.7. The van der Waals surface area contributed by atoms with Crippen LogP contribution >= 0.6 is 0 Å². The van der Waals surface area contributed by atoms with Crippen LogP contribution in [0.15, 0.2) is 227 Å². The summed E-state index contributed by atoms with van der Waals surface area (Å²) in [4.78, 5) is 20.8. The Morgan fingerprint density at radius 1 is 0.329 bits per heavy atom. The predicted octanol–water partition coefficient (Wildman–Crippen LogP) is 15.9. The second kappa shape index (κ2) is 14.9. The van der Waals surface area contributed by atoms with Crippen molar-refractivity contribution in [1.29, 1.82) is 0 Å². The normalized spacial score (nSPS) is 12.0. The lowest BCUT2D eigenvalue weighted by molar-refractivity contribution is 0.672. The van der Waals surface area contributed by atoms with Crippen molar-refractivity contribution < 1.29 is 8.83 Å². The summed E-state index contributed by atoms with van der Waals surface area (Å²) in [7, 11) is 0. The SMILES string of the molecule is c1ccc(-c2nc(-c3ccccc3)nc(-c3ccc(-n4c5ccccc5c5c6oc7ccccc7c6ccc54)c(-c4ncccc4-n4c5ccccc5c5c6oc7ccccc7c6ccc54)c3)n2)cc1. The van der Waals surface area contributed by atoms with Crippen molar-refractivity contribution in [3.63, 3.8) is 0 Å². The zero-order valence-electron chi connectivity index (χ0n) is 37.3. The molecule has 0 bridgehead atoms. The van der Waals surface area contributed by atoms with Crippen molar-refractivity contribution in [1.82, 2.24) is 29.1 Å². The van der Waals surface area contributed by atoms with Gasteiger partial charge >= 0.3 is 0 Å². The van der Waals surface area contributed by atoms with Crippen LogP contribution in [0.5, 0.6) is 0 Å². The van der Waals surface area contributed by atoms with Crippen LogP contribution in [0.4, 0.5) is 0 Å². The zero-order chi connectivity index (χ0) is 45.9. The van der Waals surface area contributed by atoms with Gasteiger partial charge < -0.3 is 18.0 Å². The van der Waals surface area contributed by atoms with Crippen LogP contribution < -0.4 is 0 Å². The third-order valence-electron chi connectivity index (χ3n) is 13.8. The summed E-state index contributed by atoms with van der Waals surface area (Å²) in [6.45, 7) is 0. The Balaban J connectivity index is 1.04. The fraction of sp³-hybridized carbons (Fsp3) is 0. The number of rotatable bonds is 6. The van der Waals surface area contributed by atoms with E-state index in [-0.39, 0.29) is 0 Å². The first-order chi connectivity index (χ1) is 34.7. The van der Waals surface area contributed by atoms with E-state index >= 15 is 0 Å². The quantitative estimate of drug-likeness (QED) is 0.165. The maximum absolute atomic E-state index is 6.75. The van der Waals surface area contributed by atoms with E-state index in [9.17, 15) is 0 Å². The van der Waals surface area contributed by atoms with Gasteiger partial charge in [0, 0.05) is 60.8 Å². The molecule has 0 saturated heterocycles. The van der Waals surface area contributed by atoms with Gasteiger partial charge in [0.15, 0.2) is 17.5 Å². The first-order valence-corrected chi connectivity index (χ1v) is 23.4. The highest BCUT2D eigenvalue weighted by Crippen LogP contribution is 2.46. The molecule has 15 aromatic rings. The Morgan fingerprint density at radius 3 is 1.36 bits per heavy atom. The van der Waals surface area contributed by atoms with E-state index < -0.39 is 0 Å². The molecule has 0 spiro atoms. The minimum Gasteiger partial charge on any atom is -0.455 e. The van der Waals surface area contributed by atoms with E-state index in [1.807, 2.05) is 97.2 Å². The summed E-state index contributed by atoms with van der Waals surface area (Å²) in [5, 5.41) is 8.63. The Labute approximate surface area is 399 Å². The Morgan fingerprint density at radius 2 is 0.800 bits per heavy atom. The molecule has 70 heavy (non-hydrogen) atoms. The van der Waals surface area contributed by atoms with Gasteiger partial charge in [0.1, 0.15) is 22.3 Å². The van der Waals surface area contributed by atoms with E-state index in [1.54, 1.807) is 0 Å². The molecule has 0 aliphatic heterocycles. The standard InChI is InChI=1S/C62H36N6O2/c1-3-16-37(17-4-1)60-64-61(38-18-5-2-6-19-38)66-62(65-60)39-29-32-49(67-47-24-11-7-22-44(47)55-50(67)33-30-42-40-20-9-13-27-53(40)69-58(42)55)46(36-39)57-52(26-15-35-63-57)68-48-25-12-8-23-45(48)56-51(68)34-31-43-41-21-10-14-28-54(41)70-59(43)56/h1-36H. The lowest BCUT2D eigenvalue weighted by Crippen LogP contribution is -2.04. The summed E-state index contributed by atoms with van der Waals surface area (Å²) in [6.07, 6.45) is 1.88. The van der Waals surface area contributed by atoms with Crippen LogP contribution in [0, 0.1) is 0 Å². The molecule has 15 rings (SSSR count).